The normalized spacial score (nSPS) is 12.6. The molecule has 0 saturated heterocycles. The predicted molar refractivity (Wildman–Crippen MR) is 90.3 cm³/mol. The summed E-state index contributed by atoms with van der Waals surface area (Å²) in [6.07, 6.45) is -1.25. The Hall–Kier alpha value is -2.38. The minimum Gasteiger partial charge on any atom is -0.394 e. The first-order valence-corrected chi connectivity index (χ1v) is 7.73. The predicted octanol–water partition coefficient (Wildman–Crippen LogP) is 1.46. The SMILES string of the molecule is COC(OCC(O)CO)(C(=O)c1ccccc1)C(=O)c1ccccc1. The van der Waals surface area contributed by atoms with Gasteiger partial charge >= 0.3 is 0 Å². The van der Waals surface area contributed by atoms with Crippen molar-refractivity contribution < 1.29 is 29.3 Å². The van der Waals surface area contributed by atoms with Crippen molar-refractivity contribution in [1.29, 1.82) is 0 Å². The number of carbonyl (C=O) groups excluding carboxylic acids is 2. The Kier molecular flexibility index (Phi) is 6.55. The van der Waals surface area contributed by atoms with Gasteiger partial charge in [0, 0.05) is 18.2 Å². The van der Waals surface area contributed by atoms with Crippen LogP contribution in [0.2, 0.25) is 0 Å². The van der Waals surface area contributed by atoms with Crippen molar-refractivity contribution in [1.82, 2.24) is 0 Å². The summed E-state index contributed by atoms with van der Waals surface area (Å²) < 4.78 is 10.7. The Balaban J connectivity index is 2.45. The fraction of sp³-hybridized carbons (Fsp3) is 0.263. The van der Waals surface area contributed by atoms with Crippen LogP contribution in [-0.2, 0) is 9.47 Å². The van der Waals surface area contributed by atoms with E-state index in [9.17, 15) is 14.7 Å². The average molecular weight is 344 g/mol. The fourth-order valence-corrected chi connectivity index (χ4v) is 2.30. The lowest BCUT2D eigenvalue weighted by Gasteiger charge is -2.30. The average Bonchev–Trinajstić information content (AvgIpc) is 2.69. The molecule has 25 heavy (non-hydrogen) atoms. The molecule has 6 heteroatoms. The number of rotatable bonds is 9. The van der Waals surface area contributed by atoms with Crippen molar-refractivity contribution in [3.8, 4) is 0 Å². The highest BCUT2D eigenvalue weighted by Gasteiger charge is 2.48. The highest BCUT2D eigenvalue weighted by atomic mass is 16.7. The lowest BCUT2D eigenvalue weighted by molar-refractivity contribution is -0.170. The third-order valence-corrected chi connectivity index (χ3v) is 3.65. The molecule has 6 nitrogen and oxygen atoms in total. The van der Waals surface area contributed by atoms with E-state index in [2.05, 4.69) is 0 Å². The molecular weight excluding hydrogens is 324 g/mol. The molecule has 0 saturated carbocycles. The van der Waals surface area contributed by atoms with Crippen molar-refractivity contribution in [2.24, 2.45) is 0 Å². The Labute approximate surface area is 145 Å². The van der Waals surface area contributed by atoms with Gasteiger partial charge in [0.15, 0.2) is 0 Å². The number of ether oxygens (including phenoxy) is 2. The number of hydrogen-bond acceptors (Lipinski definition) is 6. The van der Waals surface area contributed by atoms with Crippen LogP contribution < -0.4 is 0 Å². The van der Waals surface area contributed by atoms with Crippen molar-refractivity contribution in [3.05, 3.63) is 71.8 Å². The van der Waals surface area contributed by atoms with Crippen molar-refractivity contribution >= 4 is 11.6 Å². The maximum atomic E-state index is 13.0. The highest BCUT2D eigenvalue weighted by molar-refractivity contribution is 6.21. The number of hydrogen-bond donors (Lipinski definition) is 2. The van der Waals surface area contributed by atoms with E-state index < -0.39 is 36.7 Å². The largest absolute Gasteiger partial charge is 0.394 e. The van der Waals surface area contributed by atoms with E-state index in [1.54, 1.807) is 60.7 Å². The molecule has 2 aromatic rings. The van der Waals surface area contributed by atoms with Crippen LogP contribution in [0, 0.1) is 0 Å². The van der Waals surface area contributed by atoms with E-state index in [0.717, 1.165) is 0 Å². The summed E-state index contributed by atoms with van der Waals surface area (Å²) in [5.41, 5.74) is 0.458. The first kappa shape index (κ1) is 19.0. The summed E-state index contributed by atoms with van der Waals surface area (Å²) in [6.45, 7) is -1.01. The summed E-state index contributed by atoms with van der Waals surface area (Å²) >= 11 is 0. The van der Waals surface area contributed by atoms with Gasteiger partial charge in [-0.15, -0.1) is 0 Å². The van der Waals surface area contributed by atoms with Gasteiger partial charge in [-0.25, -0.2) is 0 Å². The maximum Gasteiger partial charge on any atom is 0.299 e. The summed E-state index contributed by atoms with van der Waals surface area (Å²) in [4.78, 5) is 26.0. The maximum absolute atomic E-state index is 13.0. The van der Waals surface area contributed by atoms with Crippen molar-refractivity contribution in [2.45, 2.75) is 11.9 Å². The minimum absolute atomic E-state index is 0.229. The lowest BCUT2D eigenvalue weighted by Crippen LogP contribution is -2.52. The van der Waals surface area contributed by atoms with Crippen LogP contribution in [-0.4, -0.2) is 54.0 Å². The van der Waals surface area contributed by atoms with Crippen LogP contribution in [0.4, 0.5) is 0 Å². The summed E-state index contributed by atoms with van der Waals surface area (Å²) in [7, 11) is 1.19. The quantitative estimate of drug-likeness (QED) is 0.406. The molecule has 0 aromatic heterocycles. The Morgan fingerprint density at radius 3 is 1.76 bits per heavy atom. The zero-order valence-electron chi connectivity index (χ0n) is 13.8. The molecule has 1 atom stereocenters. The molecule has 2 rings (SSSR count). The zero-order valence-corrected chi connectivity index (χ0v) is 13.8. The van der Waals surface area contributed by atoms with Crippen LogP contribution >= 0.6 is 0 Å². The highest BCUT2D eigenvalue weighted by Crippen LogP contribution is 2.25. The van der Waals surface area contributed by atoms with Gasteiger partial charge in [-0.2, -0.15) is 0 Å². The molecule has 2 N–H and O–H groups in total. The number of carbonyl (C=O) groups is 2. The summed E-state index contributed by atoms with van der Waals surface area (Å²) in [6, 6.07) is 16.3. The second kappa shape index (κ2) is 8.64. The number of benzene rings is 2. The van der Waals surface area contributed by atoms with Crippen molar-refractivity contribution in [2.75, 3.05) is 20.3 Å². The first-order chi connectivity index (χ1) is 12.0. The molecule has 0 aliphatic heterocycles. The Bertz CT molecular complexity index is 647. The van der Waals surface area contributed by atoms with Gasteiger partial charge in [-0.1, -0.05) is 60.7 Å². The summed E-state index contributed by atoms with van der Waals surface area (Å²) in [5.74, 6) is -3.62. The van der Waals surface area contributed by atoms with Gasteiger partial charge in [0.05, 0.1) is 13.2 Å². The molecule has 0 heterocycles. The van der Waals surface area contributed by atoms with E-state index in [-0.39, 0.29) is 11.1 Å². The minimum atomic E-state index is -2.25. The van der Waals surface area contributed by atoms with Gasteiger partial charge in [0.25, 0.3) is 5.79 Å². The lowest BCUT2D eigenvalue weighted by atomic mass is 9.94. The standard InChI is InChI=1S/C19H20O6/c1-24-19(25-13-16(21)12-20,17(22)14-8-4-2-5-9-14)18(23)15-10-6-3-7-11-15/h2-11,16,20-21H,12-13H2,1H3. The molecule has 2 aromatic carbocycles. The third kappa shape index (κ3) is 4.18. The molecule has 0 fully saturated rings. The van der Waals surface area contributed by atoms with Crippen LogP contribution in [0.3, 0.4) is 0 Å². The van der Waals surface area contributed by atoms with Gasteiger partial charge < -0.3 is 19.7 Å². The van der Waals surface area contributed by atoms with E-state index in [0.29, 0.717) is 0 Å². The van der Waals surface area contributed by atoms with E-state index >= 15 is 0 Å². The monoisotopic (exact) mass is 344 g/mol. The molecule has 0 amide bonds. The molecule has 0 aliphatic carbocycles. The number of methoxy groups -OCH3 is 1. The number of ketones is 2. The number of aliphatic hydroxyl groups is 2. The van der Waals surface area contributed by atoms with E-state index in [4.69, 9.17) is 14.6 Å². The molecular formula is C19H20O6. The smallest absolute Gasteiger partial charge is 0.299 e. The third-order valence-electron chi connectivity index (χ3n) is 3.65. The van der Waals surface area contributed by atoms with Crippen LogP contribution in [0.25, 0.3) is 0 Å². The van der Waals surface area contributed by atoms with Gasteiger partial charge in [0.1, 0.15) is 6.10 Å². The number of Topliss-reactive ketones (excluding diaryl/α,β-unsaturated/α-hetero) is 2. The van der Waals surface area contributed by atoms with Crippen LogP contribution in [0.5, 0.6) is 0 Å². The summed E-state index contributed by atoms with van der Waals surface area (Å²) in [5, 5.41) is 18.5. The van der Waals surface area contributed by atoms with E-state index in [1.165, 1.54) is 7.11 Å². The van der Waals surface area contributed by atoms with Crippen LogP contribution in [0.15, 0.2) is 60.7 Å². The van der Waals surface area contributed by atoms with Gasteiger partial charge in [0.2, 0.25) is 11.6 Å². The molecule has 0 spiro atoms. The van der Waals surface area contributed by atoms with Crippen molar-refractivity contribution in [3.63, 3.8) is 0 Å². The molecule has 0 radical (unpaired) electrons. The zero-order chi connectivity index (χ0) is 18.3. The molecule has 0 bridgehead atoms. The van der Waals surface area contributed by atoms with Gasteiger partial charge in [-0.3, -0.25) is 9.59 Å². The fourth-order valence-electron chi connectivity index (χ4n) is 2.30. The molecule has 1 unspecified atom stereocenters. The Morgan fingerprint density at radius 1 is 0.960 bits per heavy atom. The van der Waals surface area contributed by atoms with E-state index in [1.807, 2.05) is 0 Å². The Morgan fingerprint density at radius 2 is 1.40 bits per heavy atom. The first-order valence-electron chi connectivity index (χ1n) is 7.73. The molecule has 0 aliphatic rings. The van der Waals surface area contributed by atoms with Gasteiger partial charge in [-0.05, 0) is 0 Å². The number of aliphatic hydroxyl groups excluding tert-OH is 2. The topological polar surface area (TPSA) is 93.1 Å². The van der Waals surface area contributed by atoms with Crippen LogP contribution in [0.1, 0.15) is 20.7 Å². The second-order valence-corrected chi connectivity index (χ2v) is 5.36. The second-order valence-electron chi connectivity index (χ2n) is 5.36. The molecule has 132 valence electrons.